The van der Waals surface area contributed by atoms with Gasteiger partial charge in [-0.05, 0) is 58.0 Å². The molecule has 2 aliphatic heterocycles. The third kappa shape index (κ3) is 3.79. The largest absolute Gasteiger partial charge is 0.491 e. The highest BCUT2D eigenvalue weighted by Crippen LogP contribution is 2.25. The molecule has 2 amide bonds. The van der Waals surface area contributed by atoms with Crippen LogP contribution in [-0.4, -0.2) is 67.0 Å². The van der Waals surface area contributed by atoms with Crippen molar-refractivity contribution in [2.45, 2.75) is 32.2 Å². The van der Waals surface area contributed by atoms with Crippen LogP contribution in [0.4, 0.5) is 0 Å². The van der Waals surface area contributed by atoms with E-state index in [1.807, 2.05) is 7.05 Å². The molecular weight excluding hydrogens is 318 g/mol. The Kier molecular flexibility index (Phi) is 4.99. The predicted molar refractivity (Wildman–Crippen MR) is 96.1 cm³/mol. The van der Waals surface area contributed by atoms with Crippen LogP contribution in [0.3, 0.4) is 0 Å². The van der Waals surface area contributed by atoms with E-state index in [0.717, 1.165) is 19.6 Å². The minimum atomic E-state index is -0.285. The monoisotopic (exact) mass is 345 g/mol. The predicted octanol–water partition coefficient (Wildman–Crippen LogP) is 1.76. The number of amides is 2. The Morgan fingerprint density at radius 3 is 2.76 bits per heavy atom. The molecule has 0 aliphatic carbocycles. The van der Waals surface area contributed by atoms with E-state index in [2.05, 4.69) is 24.1 Å². The number of ether oxygens (including phenoxy) is 1. The zero-order chi connectivity index (χ0) is 18.0. The van der Waals surface area contributed by atoms with Gasteiger partial charge in [-0.3, -0.25) is 9.59 Å². The van der Waals surface area contributed by atoms with Gasteiger partial charge in [0.2, 0.25) is 0 Å². The SMILES string of the molecule is CN(C(=O)c1ccc2c(c1)C(=O)NCCO2)C(C)(C)CN1CCCC1. The van der Waals surface area contributed by atoms with Gasteiger partial charge in [-0.25, -0.2) is 0 Å². The Morgan fingerprint density at radius 1 is 1.32 bits per heavy atom. The molecule has 0 radical (unpaired) electrons. The zero-order valence-electron chi connectivity index (χ0n) is 15.3. The Morgan fingerprint density at radius 2 is 2.04 bits per heavy atom. The van der Waals surface area contributed by atoms with Crippen LogP contribution in [0.25, 0.3) is 0 Å². The lowest BCUT2D eigenvalue weighted by Gasteiger charge is -2.38. The van der Waals surface area contributed by atoms with Gasteiger partial charge in [0.05, 0.1) is 12.1 Å². The Balaban J connectivity index is 1.78. The van der Waals surface area contributed by atoms with Gasteiger partial charge in [-0.2, -0.15) is 0 Å². The maximum Gasteiger partial charge on any atom is 0.255 e. The van der Waals surface area contributed by atoms with Gasteiger partial charge in [0.15, 0.2) is 0 Å². The molecule has 0 unspecified atom stereocenters. The van der Waals surface area contributed by atoms with Crippen LogP contribution in [0, 0.1) is 0 Å². The molecule has 1 aromatic carbocycles. The first-order chi connectivity index (χ1) is 11.9. The molecule has 0 aromatic heterocycles. The quantitative estimate of drug-likeness (QED) is 0.903. The minimum Gasteiger partial charge on any atom is -0.491 e. The fourth-order valence-electron chi connectivity index (χ4n) is 3.45. The highest BCUT2D eigenvalue weighted by molar-refractivity contribution is 6.01. The van der Waals surface area contributed by atoms with Crippen LogP contribution < -0.4 is 10.1 Å². The van der Waals surface area contributed by atoms with Crippen molar-refractivity contribution in [2.24, 2.45) is 0 Å². The van der Waals surface area contributed by atoms with E-state index >= 15 is 0 Å². The van der Waals surface area contributed by atoms with E-state index in [9.17, 15) is 9.59 Å². The summed E-state index contributed by atoms with van der Waals surface area (Å²) in [5.74, 6) is 0.260. The van der Waals surface area contributed by atoms with Crippen LogP contribution in [0.1, 0.15) is 47.4 Å². The second kappa shape index (κ2) is 7.04. The highest BCUT2D eigenvalue weighted by Gasteiger charge is 2.32. The summed E-state index contributed by atoms with van der Waals surface area (Å²) >= 11 is 0. The maximum atomic E-state index is 13.0. The van der Waals surface area contributed by atoms with Crippen LogP contribution >= 0.6 is 0 Å². The molecule has 1 fully saturated rings. The number of fused-ring (bicyclic) bond motifs is 1. The van der Waals surface area contributed by atoms with Crippen molar-refractivity contribution in [3.63, 3.8) is 0 Å². The van der Waals surface area contributed by atoms with Gasteiger partial charge in [-0.15, -0.1) is 0 Å². The van der Waals surface area contributed by atoms with Crippen LogP contribution in [-0.2, 0) is 0 Å². The molecule has 2 aliphatic rings. The first-order valence-corrected chi connectivity index (χ1v) is 8.94. The normalized spacial score (nSPS) is 18.1. The van der Waals surface area contributed by atoms with Crippen molar-refractivity contribution in [3.8, 4) is 5.75 Å². The average Bonchev–Trinajstić information content (AvgIpc) is 3.02. The van der Waals surface area contributed by atoms with Gasteiger partial charge >= 0.3 is 0 Å². The van der Waals surface area contributed by atoms with E-state index in [4.69, 9.17) is 4.74 Å². The molecule has 0 atom stereocenters. The number of carbonyl (C=O) groups excluding carboxylic acids is 2. The number of hydrogen-bond donors (Lipinski definition) is 1. The lowest BCUT2D eigenvalue weighted by atomic mass is 10.00. The fourth-order valence-corrected chi connectivity index (χ4v) is 3.45. The first-order valence-electron chi connectivity index (χ1n) is 8.94. The highest BCUT2D eigenvalue weighted by atomic mass is 16.5. The minimum absolute atomic E-state index is 0.0796. The summed E-state index contributed by atoms with van der Waals surface area (Å²) in [6.07, 6.45) is 2.46. The smallest absolute Gasteiger partial charge is 0.255 e. The molecule has 6 heteroatoms. The summed E-state index contributed by atoms with van der Waals surface area (Å²) < 4.78 is 5.56. The van der Waals surface area contributed by atoms with Crippen molar-refractivity contribution >= 4 is 11.8 Å². The average molecular weight is 345 g/mol. The van der Waals surface area contributed by atoms with E-state index in [-0.39, 0.29) is 17.4 Å². The van der Waals surface area contributed by atoms with Gasteiger partial charge in [0, 0.05) is 24.7 Å². The third-order valence-corrected chi connectivity index (χ3v) is 5.14. The van der Waals surface area contributed by atoms with Crippen LogP contribution in [0.5, 0.6) is 5.75 Å². The van der Waals surface area contributed by atoms with E-state index < -0.39 is 0 Å². The van der Waals surface area contributed by atoms with Crippen LogP contribution in [0.2, 0.25) is 0 Å². The molecule has 6 nitrogen and oxygen atoms in total. The number of nitrogens with zero attached hydrogens (tertiary/aromatic N) is 2. The first kappa shape index (κ1) is 17.7. The van der Waals surface area contributed by atoms with Gasteiger partial charge in [0.1, 0.15) is 12.4 Å². The zero-order valence-corrected chi connectivity index (χ0v) is 15.3. The standard InChI is InChI=1S/C19H27N3O3/c1-19(2,13-22-9-4-5-10-22)21(3)18(24)14-6-7-16-15(12-14)17(23)20-8-11-25-16/h6-7,12H,4-5,8-11,13H2,1-3H3,(H,20,23). The molecule has 1 N–H and O–H groups in total. The topological polar surface area (TPSA) is 61.9 Å². The molecular formula is C19H27N3O3. The number of rotatable bonds is 4. The number of hydrogen-bond acceptors (Lipinski definition) is 4. The second-order valence-corrected chi connectivity index (χ2v) is 7.48. The fraction of sp³-hybridized carbons (Fsp3) is 0.579. The molecule has 0 bridgehead atoms. The molecule has 1 saturated heterocycles. The number of benzene rings is 1. The lowest BCUT2D eigenvalue weighted by molar-refractivity contribution is 0.0555. The molecule has 3 rings (SSSR count). The Hall–Kier alpha value is -2.08. The van der Waals surface area contributed by atoms with E-state index in [1.165, 1.54) is 12.8 Å². The molecule has 0 spiro atoms. The summed E-state index contributed by atoms with van der Waals surface area (Å²) in [5, 5.41) is 2.78. The van der Waals surface area contributed by atoms with Crippen molar-refractivity contribution in [1.82, 2.24) is 15.1 Å². The number of nitrogens with one attached hydrogen (secondary N) is 1. The summed E-state index contributed by atoms with van der Waals surface area (Å²) in [6, 6.07) is 5.09. The molecule has 2 heterocycles. The number of likely N-dealkylation sites (tertiary alicyclic amines) is 1. The Bertz CT molecular complexity index is 666. The molecule has 136 valence electrons. The molecule has 0 saturated carbocycles. The van der Waals surface area contributed by atoms with Crippen molar-refractivity contribution in [3.05, 3.63) is 29.3 Å². The second-order valence-electron chi connectivity index (χ2n) is 7.48. The third-order valence-electron chi connectivity index (χ3n) is 5.14. The number of likely N-dealkylation sites (N-methyl/N-ethyl adjacent to an activating group) is 1. The lowest BCUT2D eigenvalue weighted by Crippen LogP contribution is -2.51. The van der Waals surface area contributed by atoms with E-state index in [0.29, 0.717) is 30.0 Å². The summed E-state index contributed by atoms with van der Waals surface area (Å²) in [6.45, 7) is 8.13. The summed E-state index contributed by atoms with van der Waals surface area (Å²) in [7, 11) is 1.83. The van der Waals surface area contributed by atoms with Crippen molar-refractivity contribution in [1.29, 1.82) is 0 Å². The van der Waals surface area contributed by atoms with Crippen molar-refractivity contribution in [2.75, 3.05) is 39.8 Å². The van der Waals surface area contributed by atoms with Gasteiger partial charge in [0.25, 0.3) is 11.8 Å². The molecule has 25 heavy (non-hydrogen) atoms. The summed E-state index contributed by atoms with van der Waals surface area (Å²) in [4.78, 5) is 29.3. The van der Waals surface area contributed by atoms with E-state index in [1.54, 1.807) is 23.1 Å². The van der Waals surface area contributed by atoms with Crippen molar-refractivity contribution < 1.29 is 14.3 Å². The van der Waals surface area contributed by atoms with Gasteiger partial charge in [-0.1, -0.05) is 0 Å². The molecule has 1 aromatic rings. The van der Waals surface area contributed by atoms with Crippen LogP contribution in [0.15, 0.2) is 18.2 Å². The maximum absolute atomic E-state index is 13.0. The summed E-state index contributed by atoms with van der Waals surface area (Å²) in [5.41, 5.74) is 0.651. The van der Waals surface area contributed by atoms with Gasteiger partial charge < -0.3 is 19.9 Å². The Labute approximate surface area is 149 Å². The number of carbonyl (C=O) groups is 2.